The van der Waals surface area contributed by atoms with E-state index < -0.39 is 0 Å². The third-order valence-electron chi connectivity index (χ3n) is 3.41. The molecule has 0 saturated heterocycles. The number of benzene rings is 2. The van der Waals surface area contributed by atoms with Crippen molar-refractivity contribution in [2.24, 2.45) is 5.73 Å². The highest BCUT2D eigenvalue weighted by Gasteiger charge is 2.13. The van der Waals surface area contributed by atoms with Gasteiger partial charge in [-0.25, -0.2) is 0 Å². The Balaban J connectivity index is 2.11. The Morgan fingerprint density at radius 1 is 0.952 bits per heavy atom. The van der Waals surface area contributed by atoms with Crippen LogP contribution in [0.2, 0.25) is 0 Å². The molecule has 0 aliphatic heterocycles. The number of hydrogen-bond donors (Lipinski definition) is 1. The SMILES string of the molecule is COc1ccc(C)cc1C(N)COc1cc(C)cc(C)c1. The first-order valence-electron chi connectivity index (χ1n) is 7.11. The largest absolute Gasteiger partial charge is 0.496 e. The summed E-state index contributed by atoms with van der Waals surface area (Å²) >= 11 is 0. The predicted octanol–water partition coefficient (Wildman–Crippen LogP) is 3.70. The topological polar surface area (TPSA) is 44.5 Å². The average Bonchev–Trinajstić information content (AvgIpc) is 2.43. The fourth-order valence-electron chi connectivity index (χ4n) is 2.44. The lowest BCUT2D eigenvalue weighted by Gasteiger charge is -2.17. The number of hydrogen-bond acceptors (Lipinski definition) is 3. The molecule has 0 heterocycles. The molecule has 2 aromatic carbocycles. The van der Waals surface area contributed by atoms with Crippen LogP contribution in [-0.4, -0.2) is 13.7 Å². The molecule has 112 valence electrons. The molecule has 3 nitrogen and oxygen atoms in total. The van der Waals surface area contributed by atoms with Crippen LogP contribution in [0.3, 0.4) is 0 Å². The summed E-state index contributed by atoms with van der Waals surface area (Å²) < 4.78 is 11.2. The van der Waals surface area contributed by atoms with Gasteiger partial charge in [0.15, 0.2) is 0 Å². The van der Waals surface area contributed by atoms with Crippen molar-refractivity contribution in [1.29, 1.82) is 0 Å². The molecule has 1 atom stereocenters. The van der Waals surface area contributed by atoms with Crippen molar-refractivity contribution in [2.75, 3.05) is 13.7 Å². The Morgan fingerprint density at radius 3 is 2.24 bits per heavy atom. The summed E-state index contributed by atoms with van der Waals surface area (Å²) in [6.45, 7) is 6.58. The van der Waals surface area contributed by atoms with Gasteiger partial charge in [0.25, 0.3) is 0 Å². The Morgan fingerprint density at radius 2 is 1.62 bits per heavy atom. The molecule has 0 radical (unpaired) electrons. The summed E-state index contributed by atoms with van der Waals surface area (Å²) in [6.07, 6.45) is 0. The van der Waals surface area contributed by atoms with Crippen molar-refractivity contribution in [3.8, 4) is 11.5 Å². The zero-order chi connectivity index (χ0) is 15.4. The van der Waals surface area contributed by atoms with E-state index in [2.05, 4.69) is 19.9 Å². The summed E-state index contributed by atoms with van der Waals surface area (Å²) in [5.74, 6) is 1.66. The van der Waals surface area contributed by atoms with Gasteiger partial charge in [-0.3, -0.25) is 0 Å². The number of ether oxygens (including phenoxy) is 2. The van der Waals surface area contributed by atoms with Gasteiger partial charge in [0.2, 0.25) is 0 Å². The van der Waals surface area contributed by atoms with E-state index >= 15 is 0 Å². The van der Waals surface area contributed by atoms with Crippen molar-refractivity contribution in [1.82, 2.24) is 0 Å². The minimum Gasteiger partial charge on any atom is -0.496 e. The second-order valence-electron chi connectivity index (χ2n) is 5.49. The average molecular weight is 285 g/mol. The Bertz CT molecular complexity index is 602. The molecule has 2 aromatic rings. The van der Waals surface area contributed by atoms with Gasteiger partial charge in [0.1, 0.15) is 18.1 Å². The molecule has 0 amide bonds. The maximum atomic E-state index is 6.26. The molecule has 0 fully saturated rings. The van der Waals surface area contributed by atoms with E-state index in [9.17, 15) is 0 Å². The van der Waals surface area contributed by atoms with E-state index in [-0.39, 0.29) is 6.04 Å². The lowest BCUT2D eigenvalue weighted by molar-refractivity contribution is 0.286. The van der Waals surface area contributed by atoms with Gasteiger partial charge in [-0.1, -0.05) is 23.8 Å². The second-order valence-corrected chi connectivity index (χ2v) is 5.49. The molecule has 3 heteroatoms. The first kappa shape index (κ1) is 15.4. The zero-order valence-electron chi connectivity index (χ0n) is 13.1. The maximum absolute atomic E-state index is 6.26. The molecule has 1 unspecified atom stereocenters. The second kappa shape index (κ2) is 6.64. The van der Waals surface area contributed by atoms with E-state index in [1.807, 2.05) is 37.3 Å². The molecule has 21 heavy (non-hydrogen) atoms. The molecule has 0 aliphatic carbocycles. The highest BCUT2D eigenvalue weighted by atomic mass is 16.5. The summed E-state index contributed by atoms with van der Waals surface area (Å²) in [5.41, 5.74) is 10.8. The van der Waals surface area contributed by atoms with Crippen LogP contribution >= 0.6 is 0 Å². The summed E-state index contributed by atoms with van der Waals surface area (Å²) in [7, 11) is 1.66. The van der Waals surface area contributed by atoms with Crippen LogP contribution in [0, 0.1) is 20.8 Å². The van der Waals surface area contributed by atoms with Crippen LogP contribution in [0.5, 0.6) is 11.5 Å². The molecule has 0 aliphatic rings. The fourth-order valence-corrected chi connectivity index (χ4v) is 2.44. The first-order valence-corrected chi connectivity index (χ1v) is 7.11. The Labute approximate surface area is 126 Å². The van der Waals surface area contributed by atoms with E-state index in [1.165, 1.54) is 11.1 Å². The number of methoxy groups -OCH3 is 1. The highest BCUT2D eigenvalue weighted by molar-refractivity contribution is 5.39. The van der Waals surface area contributed by atoms with E-state index in [0.29, 0.717) is 6.61 Å². The van der Waals surface area contributed by atoms with Crippen LogP contribution in [0.1, 0.15) is 28.3 Å². The maximum Gasteiger partial charge on any atom is 0.123 e. The van der Waals surface area contributed by atoms with Gasteiger partial charge in [-0.15, -0.1) is 0 Å². The number of nitrogens with two attached hydrogens (primary N) is 1. The minimum atomic E-state index is -0.222. The third kappa shape index (κ3) is 3.99. The van der Waals surface area contributed by atoms with Gasteiger partial charge in [0, 0.05) is 5.56 Å². The molecule has 0 spiro atoms. The monoisotopic (exact) mass is 285 g/mol. The Kier molecular flexibility index (Phi) is 4.86. The van der Waals surface area contributed by atoms with Gasteiger partial charge >= 0.3 is 0 Å². The van der Waals surface area contributed by atoms with Gasteiger partial charge in [-0.2, -0.15) is 0 Å². The number of aryl methyl sites for hydroxylation is 3. The van der Waals surface area contributed by atoms with Crippen molar-refractivity contribution < 1.29 is 9.47 Å². The summed E-state index contributed by atoms with van der Waals surface area (Å²) in [5, 5.41) is 0. The molecular weight excluding hydrogens is 262 g/mol. The van der Waals surface area contributed by atoms with Gasteiger partial charge < -0.3 is 15.2 Å². The molecule has 0 saturated carbocycles. The summed E-state index contributed by atoms with van der Waals surface area (Å²) in [6, 6.07) is 12.0. The standard InChI is InChI=1S/C18H23NO2/c1-12-5-6-18(20-4)16(10-12)17(19)11-21-15-8-13(2)7-14(3)9-15/h5-10,17H,11,19H2,1-4H3. The van der Waals surface area contributed by atoms with E-state index in [1.54, 1.807) is 7.11 Å². The van der Waals surface area contributed by atoms with E-state index in [4.69, 9.17) is 15.2 Å². The van der Waals surface area contributed by atoms with Gasteiger partial charge in [-0.05, 0) is 50.1 Å². The van der Waals surface area contributed by atoms with Crippen LogP contribution in [0.4, 0.5) is 0 Å². The van der Waals surface area contributed by atoms with Gasteiger partial charge in [0.05, 0.1) is 13.2 Å². The third-order valence-corrected chi connectivity index (χ3v) is 3.41. The fraction of sp³-hybridized carbons (Fsp3) is 0.333. The minimum absolute atomic E-state index is 0.222. The highest BCUT2D eigenvalue weighted by Crippen LogP contribution is 2.26. The molecule has 0 bridgehead atoms. The van der Waals surface area contributed by atoms with Crippen molar-refractivity contribution >= 4 is 0 Å². The molecule has 0 aromatic heterocycles. The first-order chi connectivity index (χ1) is 9.99. The molecule has 2 N–H and O–H groups in total. The lowest BCUT2D eigenvalue weighted by Crippen LogP contribution is -2.20. The smallest absolute Gasteiger partial charge is 0.123 e. The lowest BCUT2D eigenvalue weighted by atomic mass is 10.0. The van der Waals surface area contributed by atoms with Crippen molar-refractivity contribution in [3.05, 3.63) is 58.7 Å². The van der Waals surface area contributed by atoms with Crippen LogP contribution in [0.15, 0.2) is 36.4 Å². The molecule has 2 rings (SSSR count). The van der Waals surface area contributed by atoms with Crippen molar-refractivity contribution in [3.63, 3.8) is 0 Å². The quantitative estimate of drug-likeness (QED) is 0.911. The Hall–Kier alpha value is -2.00. The normalized spacial score (nSPS) is 12.0. The predicted molar refractivity (Wildman–Crippen MR) is 86.1 cm³/mol. The van der Waals surface area contributed by atoms with Crippen LogP contribution in [-0.2, 0) is 0 Å². The number of rotatable bonds is 5. The van der Waals surface area contributed by atoms with Crippen LogP contribution < -0.4 is 15.2 Å². The summed E-state index contributed by atoms with van der Waals surface area (Å²) in [4.78, 5) is 0. The molecular formula is C18H23NO2. The van der Waals surface area contributed by atoms with E-state index in [0.717, 1.165) is 22.6 Å². The van der Waals surface area contributed by atoms with Crippen LogP contribution in [0.25, 0.3) is 0 Å². The van der Waals surface area contributed by atoms with Crippen molar-refractivity contribution in [2.45, 2.75) is 26.8 Å². The zero-order valence-corrected chi connectivity index (χ0v) is 13.1.